The van der Waals surface area contributed by atoms with E-state index < -0.39 is 49.6 Å². The van der Waals surface area contributed by atoms with Crippen LogP contribution >= 0.6 is 0 Å². The van der Waals surface area contributed by atoms with E-state index in [1.54, 1.807) is 0 Å². The molecule has 3 aliphatic rings. The Morgan fingerprint density at radius 3 is 2.56 bits per heavy atom. The van der Waals surface area contributed by atoms with Gasteiger partial charge in [-0.25, -0.2) is 4.79 Å². The van der Waals surface area contributed by atoms with Crippen LogP contribution in [0.5, 0.6) is 0 Å². The average Bonchev–Trinajstić information content (AvgIpc) is 2.97. The van der Waals surface area contributed by atoms with Gasteiger partial charge in [-0.2, -0.15) is 0 Å². The number of aliphatic hydroxyl groups excluding tert-OH is 4. The van der Waals surface area contributed by atoms with Gasteiger partial charge in [0.2, 0.25) is 6.29 Å². The topological polar surface area (TPSA) is 146 Å². The highest BCUT2D eigenvalue weighted by Gasteiger charge is 2.50. The van der Waals surface area contributed by atoms with Crippen molar-refractivity contribution in [2.75, 3.05) is 6.61 Å². The van der Waals surface area contributed by atoms with Gasteiger partial charge in [-0.05, 0) is 18.8 Å². The summed E-state index contributed by atoms with van der Waals surface area (Å²) in [4.78, 5) is 11.4. The molecule has 2 aliphatic heterocycles. The summed E-state index contributed by atoms with van der Waals surface area (Å²) in [5, 5.41) is 48.3. The Kier molecular flexibility index (Phi) is 5.33. The molecule has 9 heteroatoms. The van der Waals surface area contributed by atoms with Gasteiger partial charge in [0, 0.05) is 11.8 Å². The van der Waals surface area contributed by atoms with Crippen LogP contribution in [-0.4, -0.2) is 75.1 Å². The third-order valence-electron chi connectivity index (χ3n) is 5.46. The normalized spacial score (nSPS) is 46.9. The summed E-state index contributed by atoms with van der Waals surface area (Å²) in [6, 6.07) is 0. The molecule has 1 unspecified atom stereocenters. The van der Waals surface area contributed by atoms with E-state index in [-0.39, 0.29) is 23.3 Å². The zero-order valence-electron chi connectivity index (χ0n) is 13.8. The van der Waals surface area contributed by atoms with Crippen LogP contribution < -0.4 is 0 Å². The summed E-state index contributed by atoms with van der Waals surface area (Å²) >= 11 is 0. The molecule has 25 heavy (non-hydrogen) atoms. The minimum absolute atomic E-state index is 0.142. The predicted octanol–water partition coefficient (Wildman–Crippen LogP) is -1.21. The van der Waals surface area contributed by atoms with Gasteiger partial charge in [0.1, 0.15) is 24.4 Å². The second-order valence-corrected chi connectivity index (χ2v) is 6.95. The van der Waals surface area contributed by atoms with Crippen LogP contribution in [0.1, 0.15) is 19.8 Å². The molecule has 1 saturated carbocycles. The van der Waals surface area contributed by atoms with E-state index in [9.17, 15) is 30.3 Å². The summed E-state index contributed by atoms with van der Waals surface area (Å²) in [6.45, 7) is 1.42. The van der Waals surface area contributed by atoms with Crippen molar-refractivity contribution in [1.82, 2.24) is 0 Å². The lowest BCUT2D eigenvalue weighted by atomic mass is 9.83. The van der Waals surface area contributed by atoms with Crippen molar-refractivity contribution in [2.45, 2.75) is 56.8 Å². The van der Waals surface area contributed by atoms with Gasteiger partial charge in [0.05, 0.1) is 18.4 Å². The number of carboxylic acid groups (broad SMARTS) is 1. The molecule has 5 N–H and O–H groups in total. The molecule has 0 radical (unpaired) electrons. The summed E-state index contributed by atoms with van der Waals surface area (Å²) < 4.78 is 16.5. The molecule has 1 aliphatic carbocycles. The molecule has 142 valence electrons. The Hall–Kier alpha value is -1.23. The first-order valence-corrected chi connectivity index (χ1v) is 8.40. The Bertz CT molecular complexity index is 534. The van der Waals surface area contributed by atoms with Crippen molar-refractivity contribution >= 4 is 5.97 Å². The van der Waals surface area contributed by atoms with Gasteiger partial charge in [0.25, 0.3) is 0 Å². The monoisotopic (exact) mass is 360 g/mol. The lowest BCUT2D eigenvalue weighted by Gasteiger charge is -2.43. The summed E-state index contributed by atoms with van der Waals surface area (Å²) in [7, 11) is 0. The van der Waals surface area contributed by atoms with Gasteiger partial charge in [-0.1, -0.05) is 6.92 Å². The highest BCUT2D eigenvalue weighted by Crippen LogP contribution is 2.47. The molecular weight excluding hydrogens is 336 g/mol. The molecular formula is C16H24O9. The second kappa shape index (κ2) is 7.18. The van der Waals surface area contributed by atoms with Crippen molar-refractivity contribution in [3.05, 3.63) is 11.8 Å². The van der Waals surface area contributed by atoms with Crippen LogP contribution in [0.15, 0.2) is 11.8 Å². The second-order valence-electron chi connectivity index (χ2n) is 6.95. The highest BCUT2D eigenvalue weighted by atomic mass is 16.8. The molecule has 0 amide bonds. The maximum atomic E-state index is 11.4. The molecule has 2 fully saturated rings. The van der Waals surface area contributed by atoms with Crippen LogP contribution in [0, 0.1) is 17.8 Å². The van der Waals surface area contributed by atoms with Crippen molar-refractivity contribution < 1.29 is 44.5 Å². The minimum Gasteiger partial charge on any atom is -0.478 e. The van der Waals surface area contributed by atoms with E-state index >= 15 is 0 Å². The van der Waals surface area contributed by atoms with Crippen LogP contribution in [-0.2, 0) is 19.0 Å². The largest absolute Gasteiger partial charge is 0.478 e. The number of carbonyl (C=O) groups is 1. The molecule has 0 bridgehead atoms. The fourth-order valence-electron chi connectivity index (χ4n) is 4.01. The maximum absolute atomic E-state index is 11.4. The molecule has 0 aromatic rings. The van der Waals surface area contributed by atoms with E-state index in [0.717, 1.165) is 12.7 Å². The van der Waals surface area contributed by atoms with Gasteiger partial charge in [-0.15, -0.1) is 0 Å². The Morgan fingerprint density at radius 2 is 1.92 bits per heavy atom. The fourth-order valence-corrected chi connectivity index (χ4v) is 4.01. The molecule has 2 heterocycles. The number of carboxylic acids is 1. The number of aliphatic hydroxyl groups is 4. The number of aliphatic carboxylic acids is 1. The Balaban J connectivity index is 1.77. The van der Waals surface area contributed by atoms with E-state index in [1.165, 1.54) is 0 Å². The van der Waals surface area contributed by atoms with E-state index in [0.29, 0.717) is 6.42 Å². The smallest absolute Gasteiger partial charge is 0.334 e. The van der Waals surface area contributed by atoms with Gasteiger partial charge >= 0.3 is 5.97 Å². The zero-order chi connectivity index (χ0) is 18.3. The predicted molar refractivity (Wildman–Crippen MR) is 80.8 cm³/mol. The lowest BCUT2D eigenvalue weighted by molar-refractivity contribution is -0.342. The van der Waals surface area contributed by atoms with E-state index in [1.807, 2.05) is 6.92 Å². The molecule has 0 spiro atoms. The van der Waals surface area contributed by atoms with Crippen molar-refractivity contribution in [1.29, 1.82) is 0 Å². The fraction of sp³-hybridized carbons (Fsp3) is 0.812. The standard InChI is InChI=1S/C16H24O9/c1-6-2-3-7-8(14(21)22)5-23-15(10(6)7)25-16-13(20)12(19)11(18)9(4-17)24-16/h5-7,9-13,15-20H,2-4H2,1H3,(H,21,22)/t6?,7-,9-,10-,11-,12+,13-,15+,16+/m1/s1. The number of hydrogen-bond acceptors (Lipinski definition) is 8. The Morgan fingerprint density at radius 1 is 1.20 bits per heavy atom. The summed E-state index contributed by atoms with van der Waals surface area (Å²) in [5.41, 5.74) is 0.197. The van der Waals surface area contributed by atoms with E-state index in [4.69, 9.17) is 14.2 Å². The van der Waals surface area contributed by atoms with Crippen molar-refractivity contribution in [3.63, 3.8) is 0 Å². The number of ether oxygens (including phenoxy) is 3. The minimum atomic E-state index is -1.54. The van der Waals surface area contributed by atoms with Gasteiger partial charge < -0.3 is 39.7 Å². The Labute approximate surface area is 144 Å². The molecule has 9 nitrogen and oxygen atoms in total. The molecule has 9 atom stereocenters. The van der Waals surface area contributed by atoms with Crippen molar-refractivity contribution in [2.24, 2.45) is 17.8 Å². The average molecular weight is 360 g/mol. The highest BCUT2D eigenvalue weighted by molar-refractivity contribution is 5.87. The SMILES string of the molecule is CC1CC[C@@H]2C(C(=O)O)=CO[C@@H](O[C@@H]3O[C@H](CO)[C@@H](O)[C@H](O)[C@H]3O)[C@H]12. The summed E-state index contributed by atoms with van der Waals surface area (Å²) in [6.07, 6.45) is -5.10. The first kappa shape index (κ1) is 18.6. The van der Waals surface area contributed by atoms with Crippen LogP contribution in [0.2, 0.25) is 0 Å². The third kappa shape index (κ3) is 3.27. The van der Waals surface area contributed by atoms with Crippen LogP contribution in [0.3, 0.4) is 0 Å². The van der Waals surface area contributed by atoms with E-state index in [2.05, 4.69) is 0 Å². The van der Waals surface area contributed by atoms with Gasteiger partial charge in [-0.3, -0.25) is 0 Å². The lowest BCUT2D eigenvalue weighted by Crippen LogP contribution is -2.60. The first-order valence-electron chi connectivity index (χ1n) is 8.40. The van der Waals surface area contributed by atoms with Crippen LogP contribution in [0.25, 0.3) is 0 Å². The quantitative estimate of drug-likeness (QED) is 0.417. The molecule has 3 rings (SSSR count). The molecule has 1 saturated heterocycles. The summed E-state index contributed by atoms with van der Waals surface area (Å²) in [5.74, 6) is -1.35. The van der Waals surface area contributed by atoms with Crippen molar-refractivity contribution in [3.8, 4) is 0 Å². The third-order valence-corrected chi connectivity index (χ3v) is 5.46. The molecule has 0 aromatic heterocycles. The number of fused-ring (bicyclic) bond motifs is 1. The van der Waals surface area contributed by atoms with Gasteiger partial charge in [0.15, 0.2) is 6.29 Å². The number of rotatable bonds is 4. The first-order chi connectivity index (χ1) is 11.8. The molecule has 0 aromatic carbocycles. The zero-order valence-corrected chi connectivity index (χ0v) is 13.8. The maximum Gasteiger partial charge on any atom is 0.334 e. The van der Waals surface area contributed by atoms with Crippen LogP contribution in [0.4, 0.5) is 0 Å². The number of hydrogen-bond donors (Lipinski definition) is 5.